The lowest BCUT2D eigenvalue weighted by Gasteiger charge is -2.34. The summed E-state index contributed by atoms with van der Waals surface area (Å²) in [4.78, 5) is 21.2. The molecule has 1 aliphatic heterocycles. The number of likely N-dealkylation sites (tertiary alicyclic amines) is 1. The Labute approximate surface area is 160 Å². The number of hydrogen-bond acceptors (Lipinski definition) is 3. The summed E-state index contributed by atoms with van der Waals surface area (Å²) in [6.45, 7) is 5.78. The number of nitrogens with zero attached hydrogens (tertiary/aromatic N) is 3. The molecule has 5 heteroatoms. The number of hydrogen-bond donors (Lipinski definition) is 0. The minimum atomic E-state index is 0.0875. The maximum Gasteiger partial charge on any atom is 0.254 e. The molecule has 1 amide bonds. The first-order valence-corrected chi connectivity index (χ1v) is 9.44. The zero-order valence-electron chi connectivity index (χ0n) is 15.9. The molecule has 0 saturated carbocycles. The van der Waals surface area contributed by atoms with Gasteiger partial charge in [-0.1, -0.05) is 11.6 Å². The van der Waals surface area contributed by atoms with Crippen LogP contribution in [0.3, 0.4) is 0 Å². The largest absolute Gasteiger partial charge is 0.363 e. The lowest BCUT2D eigenvalue weighted by molar-refractivity contribution is 0.0706. The zero-order valence-corrected chi connectivity index (χ0v) is 16.7. The summed E-state index contributed by atoms with van der Waals surface area (Å²) >= 11 is 6.19. The molecule has 2 aromatic rings. The van der Waals surface area contributed by atoms with Crippen molar-refractivity contribution >= 4 is 23.3 Å². The molecule has 1 saturated heterocycles. The average Bonchev–Trinajstić information content (AvgIpc) is 2.60. The predicted molar refractivity (Wildman–Crippen MR) is 107 cm³/mol. The van der Waals surface area contributed by atoms with Gasteiger partial charge in [-0.3, -0.25) is 4.79 Å². The lowest BCUT2D eigenvalue weighted by atomic mass is 9.85. The summed E-state index contributed by atoms with van der Waals surface area (Å²) < 4.78 is 0. The van der Waals surface area contributed by atoms with Gasteiger partial charge in [0.05, 0.1) is 0 Å². The molecule has 26 heavy (non-hydrogen) atoms. The standard InChI is InChI=1S/C21H26ClN3O/c1-14-10-18(22)11-15(2)20(14)17-6-5-9-25(13-17)21(26)16-7-8-23-19(12-16)24(3)4/h7-8,10-12,17H,5-6,9,13H2,1-4H3. The number of aryl methyl sites for hydroxylation is 2. The first-order chi connectivity index (χ1) is 12.4. The molecule has 1 fully saturated rings. The molecule has 1 aliphatic rings. The van der Waals surface area contributed by atoms with Crippen LogP contribution in [0.15, 0.2) is 30.5 Å². The number of rotatable bonds is 3. The van der Waals surface area contributed by atoms with Crippen LogP contribution in [0.4, 0.5) is 5.82 Å². The van der Waals surface area contributed by atoms with E-state index in [1.165, 1.54) is 16.7 Å². The van der Waals surface area contributed by atoms with E-state index in [9.17, 15) is 4.79 Å². The number of halogens is 1. The molecule has 0 radical (unpaired) electrons. The Balaban J connectivity index is 1.83. The SMILES string of the molecule is Cc1cc(Cl)cc(C)c1C1CCCN(C(=O)c2ccnc(N(C)C)c2)C1. The Morgan fingerprint density at radius 2 is 1.92 bits per heavy atom. The zero-order chi connectivity index (χ0) is 18.8. The lowest BCUT2D eigenvalue weighted by Crippen LogP contribution is -2.39. The first kappa shape index (κ1) is 18.7. The minimum Gasteiger partial charge on any atom is -0.363 e. The summed E-state index contributed by atoms with van der Waals surface area (Å²) in [5.74, 6) is 1.25. The maximum atomic E-state index is 13.0. The van der Waals surface area contributed by atoms with Crippen molar-refractivity contribution in [2.75, 3.05) is 32.1 Å². The van der Waals surface area contributed by atoms with Crippen LogP contribution in [-0.4, -0.2) is 43.0 Å². The molecule has 2 heterocycles. The second-order valence-electron chi connectivity index (χ2n) is 7.34. The van der Waals surface area contributed by atoms with Crippen molar-refractivity contribution < 1.29 is 4.79 Å². The van der Waals surface area contributed by atoms with Crippen LogP contribution in [0.5, 0.6) is 0 Å². The summed E-state index contributed by atoms with van der Waals surface area (Å²) in [5, 5.41) is 0.778. The van der Waals surface area contributed by atoms with Gasteiger partial charge in [0, 0.05) is 49.9 Å². The number of anilines is 1. The van der Waals surface area contributed by atoms with Gasteiger partial charge < -0.3 is 9.80 Å². The summed E-state index contributed by atoms with van der Waals surface area (Å²) in [6, 6.07) is 7.72. The monoisotopic (exact) mass is 371 g/mol. The van der Waals surface area contributed by atoms with Gasteiger partial charge in [0.25, 0.3) is 5.91 Å². The Bertz CT molecular complexity index is 796. The van der Waals surface area contributed by atoms with Crippen molar-refractivity contribution in [2.45, 2.75) is 32.6 Å². The third-order valence-corrected chi connectivity index (χ3v) is 5.34. The van der Waals surface area contributed by atoms with Gasteiger partial charge >= 0.3 is 0 Å². The van der Waals surface area contributed by atoms with Crippen LogP contribution in [0, 0.1) is 13.8 Å². The fourth-order valence-electron chi connectivity index (χ4n) is 3.94. The van der Waals surface area contributed by atoms with Gasteiger partial charge in [-0.05, 0) is 67.6 Å². The molecule has 138 valence electrons. The second-order valence-corrected chi connectivity index (χ2v) is 7.78. The van der Waals surface area contributed by atoms with Crippen molar-refractivity contribution in [3.05, 3.63) is 57.7 Å². The Morgan fingerprint density at radius 3 is 2.58 bits per heavy atom. The van der Waals surface area contributed by atoms with Crippen LogP contribution in [0.1, 0.15) is 45.8 Å². The third-order valence-electron chi connectivity index (χ3n) is 5.13. The number of pyridine rings is 1. The van der Waals surface area contributed by atoms with Gasteiger partial charge in [-0.15, -0.1) is 0 Å². The van der Waals surface area contributed by atoms with Crippen LogP contribution in [0.2, 0.25) is 5.02 Å². The van der Waals surface area contributed by atoms with E-state index < -0.39 is 0 Å². The maximum absolute atomic E-state index is 13.0. The van der Waals surface area contributed by atoms with Gasteiger partial charge in [-0.2, -0.15) is 0 Å². The highest BCUT2D eigenvalue weighted by molar-refractivity contribution is 6.30. The Kier molecular flexibility index (Phi) is 5.52. The molecule has 0 aliphatic carbocycles. The molecule has 0 N–H and O–H groups in total. The van der Waals surface area contributed by atoms with E-state index in [4.69, 9.17) is 11.6 Å². The normalized spacial score (nSPS) is 17.3. The smallest absolute Gasteiger partial charge is 0.254 e. The summed E-state index contributed by atoms with van der Waals surface area (Å²) in [7, 11) is 3.86. The fourth-order valence-corrected chi connectivity index (χ4v) is 4.27. The fraction of sp³-hybridized carbons (Fsp3) is 0.429. The number of aromatic nitrogens is 1. The van der Waals surface area contributed by atoms with E-state index in [0.717, 1.165) is 36.8 Å². The van der Waals surface area contributed by atoms with Crippen LogP contribution in [-0.2, 0) is 0 Å². The van der Waals surface area contributed by atoms with Gasteiger partial charge in [0.15, 0.2) is 0 Å². The molecule has 1 unspecified atom stereocenters. The highest BCUT2D eigenvalue weighted by atomic mass is 35.5. The number of carbonyl (C=O) groups is 1. The number of amides is 1. The second kappa shape index (κ2) is 7.67. The first-order valence-electron chi connectivity index (χ1n) is 9.06. The number of carbonyl (C=O) groups excluding carboxylic acids is 1. The van der Waals surface area contributed by atoms with Gasteiger partial charge in [0.1, 0.15) is 5.82 Å². The van der Waals surface area contributed by atoms with E-state index >= 15 is 0 Å². The van der Waals surface area contributed by atoms with E-state index in [1.807, 2.05) is 42.1 Å². The van der Waals surface area contributed by atoms with E-state index in [2.05, 4.69) is 18.8 Å². The molecule has 0 bridgehead atoms. The van der Waals surface area contributed by atoms with E-state index in [0.29, 0.717) is 11.5 Å². The molecule has 1 aromatic carbocycles. The predicted octanol–water partition coefficient (Wildman–Crippen LogP) is 4.44. The van der Waals surface area contributed by atoms with Crippen molar-refractivity contribution in [3.8, 4) is 0 Å². The molecule has 1 aromatic heterocycles. The van der Waals surface area contributed by atoms with Crippen molar-refractivity contribution in [3.63, 3.8) is 0 Å². The van der Waals surface area contributed by atoms with Crippen LogP contribution in [0.25, 0.3) is 0 Å². The molecular weight excluding hydrogens is 346 g/mol. The van der Waals surface area contributed by atoms with Crippen molar-refractivity contribution in [1.29, 1.82) is 0 Å². The minimum absolute atomic E-state index is 0.0875. The van der Waals surface area contributed by atoms with Crippen molar-refractivity contribution in [1.82, 2.24) is 9.88 Å². The topological polar surface area (TPSA) is 36.4 Å². The third kappa shape index (κ3) is 3.85. The summed E-state index contributed by atoms with van der Waals surface area (Å²) in [5.41, 5.74) is 4.48. The molecule has 4 nitrogen and oxygen atoms in total. The molecule has 3 rings (SSSR count). The number of piperidine rings is 1. The molecule has 0 spiro atoms. The highest BCUT2D eigenvalue weighted by Crippen LogP contribution is 2.33. The van der Waals surface area contributed by atoms with Gasteiger partial charge in [0.2, 0.25) is 0 Å². The van der Waals surface area contributed by atoms with Gasteiger partial charge in [-0.25, -0.2) is 4.98 Å². The summed E-state index contributed by atoms with van der Waals surface area (Å²) in [6.07, 6.45) is 3.83. The van der Waals surface area contributed by atoms with Crippen LogP contribution >= 0.6 is 11.6 Å². The molecule has 1 atom stereocenters. The highest BCUT2D eigenvalue weighted by Gasteiger charge is 2.27. The van der Waals surface area contributed by atoms with Crippen molar-refractivity contribution in [2.24, 2.45) is 0 Å². The average molecular weight is 372 g/mol. The Hall–Kier alpha value is -2.07. The van der Waals surface area contributed by atoms with E-state index in [1.54, 1.807) is 12.3 Å². The quantitative estimate of drug-likeness (QED) is 0.800. The number of benzene rings is 1. The van der Waals surface area contributed by atoms with E-state index in [-0.39, 0.29) is 5.91 Å². The molecular formula is C21H26ClN3O. The van der Waals surface area contributed by atoms with Crippen LogP contribution < -0.4 is 4.90 Å². The Morgan fingerprint density at radius 1 is 1.23 bits per heavy atom.